The molecule has 0 aliphatic rings. The predicted octanol–water partition coefficient (Wildman–Crippen LogP) is 4.72. The van der Waals surface area contributed by atoms with Crippen LogP contribution in [-0.2, 0) is 21.8 Å². The van der Waals surface area contributed by atoms with E-state index in [-0.39, 0.29) is 18.9 Å². The van der Waals surface area contributed by atoms with Gasteiger partial charge < -0.3 is 14.2 Å². The first-order chi connectivity index (χ1) is 16.5. The lowest BCUT2D eigenvalue weighted by molar-refractivity contribution is 0.0516. The van der Waals surface area contributed by atoms with Crippen molar-refractivity contribution in [2.24, 2.45) is 0 Å². The molecule has 0 saturated heterocycles. The van der Waals surface area contributed by atoms with Crippen LogP contribution in [0.3, 0.4) is 0 Å². The molecule has 0 radical (unpaired) electrons. The van der Waals surface area contributed by atoms with Crippen molar-refractivity contribution < 1.29 is 19.0 Å². The molecule has 4 rings (SSSR count). The molecule has 34 heavy (non-hydrogen) atoms. The Kier molecular flexibility index (Phi) is 7.44. The maximum absolute atomic E-state index is 12.7. The van der Waals surface area contributed by atoms with Crippen LogP contribution >= 0.6 is 11.8 Å². The number of aromatic nitrogens is 4. The summed E-state index contributed by atoms with van der Waals surface area (Å²) in [5.41, 5.74) is 4.90. The van der Waals surface area contributed by atoms with Crippen molar-refractivity contribution in [3.05, 3.63) is 71.2 Å². The second kappa shape index (κ2) is 10.7. The van der Waals surface area contributed by atoms with Gasteiger partial charge in [-0.05, 0) is 43.7 Å². The average Bonchev–Trinajstić information content (AvgIpc) is 3.22. The van der Waals surface area contributed by atoms with Gasteiger partial charge in [-0.1, -0.05) is 29.8 Å². The lowest BCUT2D eigenvalue weighted by atomic mass is 10.1. The first-order valence-corrected chi connectivity index (χ1v) is 11.8. The molecule has 2 aromatic heterocycles. The van der Waals surface area contributed by atoms with E-state index in [4.69, 9.17) is 19.3 Å². The van der Waals surface area contributed by atoms with Gasteiger partial charge in [-0.2, -0.15) is 5.10 Å². The number of benzene rings is 2. The molecular formula is C25H26N4O4S. The highest BCUT2D eigenvalue weighted by Gasteiger charge is 2.24. The Balaban J connectivity index is 1.85. The number of fused-ring (bicyclic) bond motifs is 1. The summed E-state index contributed by atoms with van der Waals surface area (Å²) in [7, 11) is 3.24. The molecule has 2 aromatic carbocycles. The highest BCUT2D eigenvalue weighted by atomic mass is 32.2. The second-order valence-corrected chi connectivity index (χ2v) is 8.58. The van der Waals surface area contributed by atoms with Crippen LogP contribution in [0.5, 0.6) is 5.75 Å². The van der Waals surface area contributed by atoms with Crippen LogP contribution in [0, 0.1) is 6.92 Å². The minimum atomic E-state index is -0.522. The number of esters is 1. The standard InChI is InChI=1S/C25H26N4O4S/c1-5-33-25(30)23-21(15-34-19-12-6-16(2)7-13-19)29-24(27-26-23)22(20(28-29)14-31-3)17-8-10-18(32-4)11-9-17/h6-13H,5,14-15H2,1-4H3. The third-order valence-corrected chi connectivity index (χ3v) is 6.26. The van der Waals surface area contributed by atoms with Crippen molar-refractivity contribution in [2.75, 3.05) is 20.8 Å². The van der Waals surface area contributed by atoms with Crippen molar-refractivity contribution in [3.8, 4) is 16.9 Å². The fraction of sp³-hybridized carbons (Fsp3) is 0.280. The topological polar surface area (TPSA) is 87.8 Å². The molecule has 0 aliphatic carbocycles. The van der Waals surface area contributed by atoms with Crippen molar-refractivity contribution in [2.45, 2.75) is 31.1 Å². The van der Waals surface area contributed by atoms with Gasteiger partial charge in [-0.15, -0.1) is 22.0 Å². The Bertz CT molecular complexity index is 1290. The van der Waals surface area contributed by atoms with Crippen LogP contribution in [0.2, 0.25) is 0 Å². The number of thioether (sulfide) groups is 1. The minimum absolute atomic E-state index is 0.154. The number of hydrogen-bond acceptors (Lipinski definition) is 8. The van der Waals surface area contributed by atoms with Gasteiger partial charge in [-0.25, -0.2) is 9.31 Å². The number of hydrogen-bond donors (Lipinski definition) is 0. The van der Waals surface area contributed by atoms with Gasteiger partial charge in [0.25, 0.3) is 0 Å². The molecular weight excluding hydrogens is 452 g/mol. The molecule has 176 valence electrons. The minimum Gasteiger partial charge on any atom is -0.497 e. The van der Waals surface area contributed by atoms with Crippen molar-refractivity contribution >= 4 is 23.4 Å². The quantitative estimate of drug-likeness (QED) is 0.252. The smallest absolute Gasteiger partial charge is 0.360 e. The third-order valence-electron chi connectivity index (χ3n) is 5.23. The highest BCUT2D eigenvalue weighted by molar-refractivity contribution is 7.98. The summed E-state index contributed by atoms with van der Waals surface area (Å²) in [5, 5.41) is 13.5. The zero-order chi connectivity index (χ0) is 24.1. The molecule has 9 heteroatoms. The van der Waals surface area contributed by atoms with Crippen molar-refractivity contribution in [3.63, 3.8) is 0 Å². The van der Waals surface area contributed by atoms with Gasteiger partial charge in [0.1, 0.15) is 5.75 Å². The Hall–Kier alpha value is -3.43. The molecule has 0 amide bonds. The van der Waals surface area contributed by atoms with E-state index in [1.54, 1.807) is 37.4 Å². The maximum Gasteiger partial charge on any atom is 0.360 e. The van der Waals surface area contributed by atoms with Gasteiger partial charge in [-0.3, -0.25) is 0 Å². The highest BCUT2D eigenvalue weighted by Crippen LogP contribution is 2.32. The van der Waals surface area contributed by atoms with Crippen molar-refractivity contribution in [1.82, 2.24) is 19.8 Å². The monoisotopic (exact) mass is 478 g/mol. The number of nitrogens with zero attached hydrogens (tertiary/aromatic N) is 4. The maximum atomic E-state index is 12.7. The van der Waals surface area contributed by atoms with E-state index in [2.05, 4.69) is 34.5 Å². The Morgan fingerprint density at radius 1 is 1.03 bits per heavy atom. The summed E-state index contributed by atoms with van der Waals surface area (Å²) >= 11 is 1.59. The van der Waals surface area contributed by atoms with Gasteiger partial charge in [0.2, 0.25) is 0 Å². The zero-order valence-electron chi connectivity index (χ0n) is 19.6. The van der Waals surface area contributed by atoms with E-state index in [1.807, 2.05) is 31.2 Å². The van der Waals surface area contributed by atoms with Crippen LogP contribution in [0.25, 0.3) is 16.8 Å². The van der Waals surface area contributed by atoms with Gasteiger partial charge in [0, 0.05) is 17.8 Å². The van der Waals surface area contributed by atoms with Gasteiger partial charge in [0.05, 0.1) is 37.3 Å². The normalized spacial score (nSPS) is 11.1. The molecule has 0 fully saturated rings. The van der Waals surface area contributed by atoms with E-state index < -0.39 is 5.97 Å². The lowest BCUT2D eigenvalue weighted by Crippen LogP contribution is -2.16. The van der Waals surface area contributed by atoms with E-state index in [9.17, 15) is 4.79 Å². The predicted molar refractivity (Wildman–Crippen MR) is 130 cm³/mol. The second-order valence-electron chi connectivity index (χ2n) is 7.54. The summed E-state index contributed by atoms with van der Waals surface area (Å²) in [5.74, 6) is 0.685. The molecule has 0 atom stereocenters. The van der Waals surface area contributed by atoms with Crippen LogP contribution in [0.4, 0.5) is 0 Å². The number of ether oxygens (including phenoxy) is 3. The molecule has 0 N–H and O–H groups in total. The van der Waals surface area contributed by atoms with E-state index >= 15 is 0 Å². The van der Waals surface area contributed by atoms with E-state index in [1.165, 1.54) is 5.56 Å². The molecule has 0 aliphatic heterocycles. The van der Waals surface area contributed by atoms with Crippen molar-refractivity contribution in [1.29, 1.82) is 0 Å². The molecule has 2 heterocycles. The SMILES string of the molecule is CCOC(=O)c1nnc2c(-c3ccc(OC)cc3)c(COC)nn2c1CSc1ccc(C)cc1. The molecule has 8 nitrogen and oxygen atoms in total. The molecule has 0 unspecified atom stereocenters. The Labute approximate surface area is 202 Å². The summed E-state index contributed by atoms with van der Waals surface area (Å²) in [6.45, 7) is 4.33. The summed E-state index contributed by atoms with van der Waals surface area (Å²) in [4.78, 5) is 13.8. The average molecular weight is 479 g/mol. The summed E-state index contributed by atoms with van der Waals surface area (Å²) in [6.07, 6.45) is 0. The first kappa shape index (κ1) is 23.7. The molecule has 0 spiro atoms. The van der Waals surface area contributed by atoms with E-state index in [0.29, 0.717) is 22.8 Å². The molecule has 0 bridgehead atoms. The first-order valence-electron chi connectivity index (χ1n) is 10.8. The number of carbonyl (C=O) groups is 1. The van der Waals surface area contributed by atoms with E-state index in [0.717, 1.165) is 21.8 Å². The van der Waals surface area contributed by atoms with Gasteiger partial charge >= 0.3 is 5.97 Å². The fourth-order valence-electron chi connectivity index (χ4n) is 3.55. The van der Waals surface area contributed by atoms with Crippen LogP contribution in [0.1, 0.15) is 34.4 Å². The van der Waals surface area contributed by atoms with Crippen LogP contribution in [0.15, 0.2) is 53.4 Å². The summed E-state index contributed by atoms with van der Waals surface area (Å²) in [6, 6.07) is 15.9. The zero-order valence-corrected chi connectivity index (χ0v) is 20.4. The number of aryl methyl sites for hydroxylation is 1. The third kappa shape index (κ3) is 4.90. The number of carbonyl (C=O) groups excluding carboxylic acids is 1. The molecule has 4 aromatic rings. The summed E-state index contributed by atoms with van der Waals surface area (Å²) < 4.78 is 17.6. The lowest BCUT2D eigenvalue weighted by Gasteiger charge is -2.10. The van der Waals surface area contributed by atoms with Gasteiger partial charge in [0.15, 0.2) is 11.3 Å². The number of rotatable bonds is 9. The number of methoxy groups -OCH3 is 2. The largest absolute Gasteiger partial charge is 0.497 e. The Morgan fingerprint density at radius 3 is 2.41 bits per heavy atom. The fourth-order valence-corrected chi connectivity index (χ4v) is 4.44. The van der Waals surface area contributed by atoms with Crippen LogP contribution < -0.4 is 4.74 Å². The van der Waals surface area contributed by atoms with Crippen LogP contribution in [-0.4, -0.2) is 46.6 Å². The molecule has 0 saturated carbocycles. The Morgan fingerprint density at radius 2 is 1.76 bits per heavy atom.